The van der Waals surface area contributed by atoms with E-state index in [-0.39, 0.29) is 6.10 Å². The molecule has 3 nitrogen and oxygen atoms in total. The summed E-state index contributed by atoms with van der Waals surface area (Å²) in [7, 11) is 1.97. The van der Waals surface area contributed by atoms with Gasteiger partial charge in [-0.2, -0.15) is 13.2 Å². The van der Waals surface area contributed by atoms with Crippen LogP contribution in [-0.4, -0.2) is 42.4 Å². The van der Waals surface area contributed by atoms with Gasteiger partial charge in [0.1, 0.15) is 11.9 Å². The average molecular weight is 289 g/mol. The number of alkyl halides is 3. The van der Waals surface area contributed by atoms with Crippen LogP contribution >= 0.6 is 0 Å². The minimum atomic E-state index is -4.34. The number of aliphatic hydroxyl groups is 1. The first-order valence-electron chi connectivity index (χ1n) is 6.57. The van der Waals surface area contributed by atoms with Gasteiger partial charge in [0.25, 0.3) is 0 Å². The molecule has 112 valence electrons. The molecule has 1 aromatic rings. The van der Waals surface area contributed by atoms with Gasteiger partial charge in [-0.3, -0.25) is 0 Å². The van der Waals surface area contributed by atoms with E-state index in [0.717, 1.165) is 25.2 Å². The summed E-state index contributed by atoms with van der Waals surface area (Å²) in [5.74, 6) is 0.353. The zero-order valence-electron chi connectivity index (χ0n) is 11.2. The summed E-state index contributed by atoms with van der Waals surface area (Å²) >= 11 is 0. The van der Waals surface area contributed by atoms with Crippen LogP contribution in [0.3, 0.4) is 0 Å². The molecule has 1 aliphatic rings. The Bertz CT molecular complexity index is 433. The Balaban J connectivity index is 2.02. The molecule has 2 atom stereocenters. The lowest BCUT2D eigenvalue weighted by Gasteiger charge is -2.22. The predicted molar refractivity (Wildman–Crippen MR) is 68.6 cm³/mol. The van der Waals surface area contributed by atoms with Crippen molar-refractivity contribution in [3.8, 4) is 5.75 Å². The Morgan fingerprint density at radius 3 is 2.35 bits per heavy atom. The number of nitrogens with zero attached hydrogens (tertiary/aromatic N) is 1. The molecule has 0 aromatic heterocycles. The Hall–Kier alpha value is -1.27. The Morgan fingerprint density at radius 2 is 1.75 bits per heavy atom. The van der Waals surface area contributed by atoms with E-state index in [1.807, 2.05) is 7.05 Å². The van der Waals surface area contributed by atoms with Gasteiger partial charge in [0.15, 0.2) is 0 Å². The van der Waals surface area contributed by atoms with Gasteiger partial charge in [-0.15, -0.1) is 0 Å². The molecule has 1 N–H and O–H groups in total. The number of likely N-dealkylation sites (tertiary alicyclic amines) is 1. The van der Waals surface area contributed by atoms with E-state index >= 15 is 0 Å². The van der Waals surface area contributed by atoms with Crippen molar-refractivity contribution in [2.45, 2.75) is 31.2 Å². The van der Waals surface area contributed by atoms with Crippen LogP contribution in [0, 0.1) is 0 Å². The summed E-state index contributed by atoms with van der Waals surface area (Å²) < 4.78 is 43.0. The highest BCUT2D eigenvalue weighted by molar-refractivity contribution is 5.29. The molecule has 0 spiro atoms. The van der Waals surface area contributed by atoms with E-state index in [1.54, 1.807) is 0 Å². The van der Waals surface area contributed by atoms with Crippen molar-refractivity contribution >= 4 is 0 Å². The SMILES string of the molecule is CN1CCC(O)C(Oc2ccc(C(F)(F)F)cc2)CC1. The summed E-state index contributed by atoms with van der Waals surface area (Å²) in [6.07, 6.45) is -4.07. The van der Waals surface area contributed by atoms with Crippen LogP contribution in [0.25, 0.3) is 0 Å². The Labute approximate surface area is 116 Å². The minimum Gasteiger partial charge on any atom is -0.488 e. The van der Waals surface area contributed by atoms with E-state index in [9.17, 15) is 18.3 Å². The van der Waals surface area contributed by atoms with Crippen molar-refractivity contribution in [2.75, 3.05) is 20.1 Å². The summed E-state index contributed by atoms with van der Waals surface area (Å²) in [4.78, 5) is 2.10. The number of benzene rings is 1. The molecule has 1 heterocycles. The number of rotatable bonds is 2. The van der Waals surface area contributed by atoms with E-state index in [2.05, 4.69) is 4.90 Å². The van der Waals surface area contributed by atoms with E-state index in [1.165, 1.54) is 12.1 Å². The largest absolute Gasteiger partial charge is 0.488 e. The first-order valence-corrected chi connectivity index (χ1v) is 6.57. The van der Waals surface area contributed by atoms with Crippen LogP contribution < -0.4 is 4.74 Å². The minimum absolute atomic E-state index is 0.353. The Kier molecular flexibility index (Phi) is 4.55. The molecular weight excluding hydrogens is 271 g/mol. The highest BCUT2D eigenvalue weighted by Gasteiger charge is 2.30. The second-order valence-electron chi connectivity index (χ2n) is 5.13. The second kappa shape index (κ2) is 6.01. The van der Waals surface area contributed by atoms with E-state index in [0.29, 0.717) is 18.6 Å². The maximum Gasteiger partial charge on any atom is 0.416 e. The van der Waals surface area contributed by atoms with Gasteiger partial charge >= 0.3 is 6.18 Å². The fraction of sp³-hybridized carbons (Fsp3) is 0.571. The van der Waals surface area contributed by atoms with Gasteiger partial charge in [-0.05, 0) is 44.2 Å². The Morgan fingerprint density at radius 1 is 1.15 bits per heavy atom. The fourth-order valence-electron chi connectivity index (χ4n) is 2.23. The summed E-state index contributed by atoms with van der Waals surface area (Å²) in [5, 5.41) is 9.98. The summed E-state index contributed by atoms with van der Waals surface area (Å²) in [5.41, 5.74) is -0.703. The van der Waals surface area contributed by atoms with Crippen LogP contribution in [0.4, 0.5) is 13.2 Å². The maximum atomic E-state index is 12.5. The van der Waals surface area contributed by atoms with Crippen molar-refractivity contribution in [1.82, 2.24) is 4.90 Å². The van der Waals surface area contributed by atoms with Crippen molar-refractivity contribution in [2.24, 2.45) is 0 Å². The highest BCUT2D eigenvalue weighted by Crippen LogP contribution is 2.30. The normalized spacial score (nSPS) is 25.2. The molecule has 0 saturated carbocycles. The molecule has 1 saturated heterocycles. The van der Waals surface area contributed by atoms with Crippen molar-refractivity contribution < 1.29 is 23.0 Å². The first-order chi connectivity index (χ1) is 9.36. The summed E-state index contributed by atoms with van der Waals surface area (Å²) in [6, 6.07) is 4.57. The predicted octanol–water partition coefficient (Wildman–Crippen LogP) is 2.54. The first kappa shape index (κ1) is 15.1. The number of hydrogen-bond donors (Lipinski definition) is 1. The zero-order chi connectivity index (χ0) is 14.8. The molecule has 1 aliphatic heterocycles. The van der Waals surface area contributed by atoms with Gasteiger partial charge in [0, 0.05) is 13.1 Å². The maximum absolute atomic E-state index is 12.5. The van der Waals surface area contributed by atoms with Gasteiger partial charge in [0.05, 0.1) is 11.7 Å². The van der Waals surface area contributed by atoms with Crippen molar-refractivity contribution in [1.29, 1.82) is 0 Å². The molecule has 0 aliphatic carbocycles. The highest BCUT2D eigenvalue weighted by atomic mass is 19.4. The zero-order valence-corrected chi connectivity index (χ0v) is 11.2. The third-order valence-corrected chi connectivity index (χ3v) is 3.50. The fourth-order valence-corrected chi connectivity index (χ4v) is 2.23. The molecule has 20 heavy (non-hydrogen) atoms. The van der Waals surface area contributed by atoms with Crippen molar-refractivity contribution in [3.05, 3.63) is 29.8 Å². The lowest BCUT2D eigenvalue weighted by Crippen LogP contribution is -2.31. The van der Waals surface area contributed by atoms with Crippen molar-refractivity contribution in [3.63, 3.8) is 0 Å². The smallest absolute Gasteiger partial charge is 0.416 e. The second-order valence-corrected chi connectivity index (χ2v) is 5.13. The molecule has 6 heteroatoms. The van der Waals surface area contributed by atoms with Gasteiger partial charge in [-0.25, -0.2) is 0 Å². The van der Waals surface area contributed by atoms with Crippen LogP contribution in [0.15, 0.2) is 24.3 Å². The summed E-state index contributed by atoms with van der Waals surface area (Å²) in [6.45, 7) is 1.58. The number of halogens is 3. The standard InChI is InChI=1S/C14H18F3NO2/c1-18-8-6-12(19)13(7-9-18)20-11-4-2-10(3-5-11)14(15,16)17/h2-5,12-13,19H,6-9H2,1H3. The quantitative estimate of drug-likeness (QED) is 0.908. The van der Waals surface area contributed by atoms with Crippen LogP contribution in [0.2, 0.25) is 0 Å². The number of aliphatic hydroxyl groups excluding tert-OH is 1. The lowest BCUT2D eigenvalue weighted by molar-refractivity contribution is -0.137. The van der Waals surface area contributed by atoms with Gasteiger partial charge in [0.2, 0.25) is 0 Å². The third kappa shape index (κ3) is 3.86. The molecule has 1 fully saturated rings. The van der Waals surface area contributed by atoms with Crippen LogP contribution in [0.5, 0.6) is 5.75 Å². The third-order valence-electron chi connectivity index (χ3n) is 3.50. The van der Waals surface area contributed by atoms with Gasteiger partial charge in [-0.1, -0.05) is 0 Å². The van der Waals surface area contributed by atoms with Crippen LogP contribution in [-0.2, 0) is 6.18 Å². The molecule has 2 unspecified atom stereocenters. The molecule has 1 aromatic carbocycles. The number of ether oxygens (including phenoxy) is 1. The monoisotopic (exact) mass is 289 g/mol. The van der Waals surface area contributed by atoms with Gasteiger partial charge < -0.3 is 14.7 Å². The topological polar surface area (TPSA) is 32.7 Å². The average Bonchev–Trinajstić information content (AvgIpc) is 2.54. The van der Waals surface area contributed by atoms with Crippen LogP contribution in [0.1, 0.15) is 18.4 Å². The molecule has 0 bridgehead atoms. The van der Waals surface area contributed by atoms with E-state index in [4.69, 9.17) is 4.74 Å². The molecule has 0 radical (unpaired) electrons. The molecule has 0 amide bonds. The number of hydrogen-bond acceptors (Lipinski definition) is 3. The van der Waals surface area contributed by atoms with E-state index < -0.39 is 17.8 Å². The molecule has 2 rings (SSSR count). The lowest BCUT2D eigenvalue weighted by atomic mass is 10.1. The molecular formula is C14H18F3NO2.